The van der Waals surface area contributed by atoms with E-state index < -0.39 is 10.8 Å². The lowest BCUT2D eigenvalue weighted by Crippen LogP contribution is -2.37. The number of hydrogen-bond acceptors (Lipinski definition) is 3. The van der Waals surface area contributed by atoms with Crippen LogP contribution < -0.4 is 5.73 Å². The Morgan fingerprint density at radius 1 is 1.40 bits per heavy atom. The molecule has 0 saturated carbocycles. The second kappa shape index (κ2) is 6.95. The van der Waals surface area contributed by atoms with Gasteiger partial charge in [-0.15, -0.1) is 0 Å². The Morgan fingerprint density at radius 2 is 1.93 bits per heavy atom. The Balaban J connectivity index is 4.12. The summed E-state index contributed by atoms with van der Waals surface area (Å²) < 4.78 is 11.7. The summed E-state index contributed by atoms with van der Waals surface area (Å²) in [4.78, 5) is 13.2. The molecule has 15 heavy (non-hydrogen) atoms. The van der Waals surface area contributed by atoms with Crippen molar-refractivity contribution < 1.29 is 9.00 Å². The van der Waals surface area contributed by atoms with E-state index in [1.807, 2.05) is 20.8 Å². The van der Waals surface area contributed by atoms with E-state index in [4.69, 9.17) is 5.73 Å². The highest BCUT2D eigenvalue weighted by Gasteiger charge is 2.18. The molecule has 0 aliphatic rings. The van der Waals surface area contributed by atoms with E-state index in [0.29, 0.717) is 13.0 Å². The standard InChI is InChI=1S/C10H22N2O2S/c1-8(2)12(4)10(13)7-15(14)9(3)5-6-11/h8-9H,5-7,11H2,1-4H3. The van der Waals surface area contributed by atoms with Gasteiger partial charge in [-0.3, -0.25) is 9.00 Å². The third-order valence-corrected chi connectivity index (χ3v) is 4.12. The topological polar surface area (TPSA) is 63.4 Å². The molecule has 0 aliphatic heterocycles. The van der Waals surface area contributed by atoms with Gasteiger partial charge in [-0.25, -0.2) is 0 Å². The van der Waals surface area contributed by atoms with Crippen LogP contribution in [0.25, 0.3) is 0 Å². The van der Waals surface area contributed by atoms with Crippen LogP contribution in [-0.4, -0.2) is 45.7 Å². The van der Waals surface area contributed by atoms with Gasteiger partial charge < -0.3 is 10.6 Å². The predicted octanol–water partition coefficient (Wildman–Crippen LogP) is 0.339. The first kappa shape index (κ1) is 14.6. The minimum Gasteiger partial charge on any atom is -0.343 e. The van der Waals surface area contributed by atoms with Gasteiger partial charge in [0.1, 0.15) is 5.75 Å². The van der Waals surface area contributed by atoms with Crippen molar-refractivity contribution in [3.8, 4) is 0 Å². The lowest BCUT2D eigenvalue weighted by atomic mass is 10.3. The predicted molar refractivity (Wildman–Crippen MR) is 64.0 cm³/mol. The van der Waals surface area contributed by atoms with Crippen molar-refractivity contribution in [3.05, 3.63) is 0 Å². The third-order valence-electron chi connectivity index (χ3n) is 2.46. The van der Waals surface area contributed by atoms with Gasteiger partial charge in [-0.1, -0.05) is 6.92 Å². The zero-order valence-corrected chi connectivity index (χ0v) is 10.8. The minimum atomic E-state index is -1.10. The van der Waals surface area contributed by atoms with Gasteiger partial charge in [0.05, 0.1) is 0 Å². The summed E-state index contributed by atoms with van der Waals surface area (Å²) in [5.74, 6) is 0.0442. The van der Waals surface area contributed by atoms with Crippen molar-refractivity contribution in [2.45, 2.75) is 38.5 Å². The molecule has 0 aromatic heterocycles. The summed E-state index contributed by atoms with van der Waals surface area (Å²) in [6.07, 6.45) is 0.700. The van der Waals surface area contributed by atoms with Gasteiger partial charge in [0.15, 0.2) is 0 Å². The quantitative estimate of drug-likeness (QED) is 0.721. The van der Waals surface area contributed by atoms with Crippen LogP contribution in [-0.2, 0) is 15.6 Å². The van der Waals surface area contributed by atoms with Crippen LogP contribution in [0.5, 0.6) is 0 Å². The molecule has 0 rings (SSSR count). The Labute approximate surface area is 94.7 Å². The summed E-state index contributed by atoms with van der Waals surface area (Å²) in [5.41, 5.74) is 5.38. The van der Waals surface area contributed by atoms with Crippen molar-refractivity contribution in [1.29, 1.82) is 0 Å². The van der Waals surface area contributed by atoms with E-state index >= 15 is 0 Å². The molecule has 2 unspecified atom stereocenters. The van der Waals surface area contributed by atoms with Gasteiger partial charge in [0.2, 0.25) is 5.91 Å². The molecule has 0 spiro atoms. The first-order valence-electron chi connectivity index (χ1n) is 5.23. The summed E-state index contributed by atoms with van der Waals surface area (Å²) >= 11 is 0. The number of hydrogen-bond donors (Lipinski definition) is 1. The number of nitrogens with zero attached hydrogens (tertiary/aromatic N) is 1. The van der Waals surface area contributed by atoms with Crippen LogP contribution in [0.3, 0.4) is 0 Å². The maximum absolute atomic E-state index is 11.7. The highest BCUT2D eigenvalue weighted by molar-refractivity contribution is 7.86. The summed E-state index contributed by atoms with van der Waals surface area (Å²) in [5, 5.41) is -0.000452. The number of rotatable bonds is 6. The zero-order valence-electron chi connectivity index (χ0n) is 10.0. The second-order valence-electron chi connectivity index (χ2n) is 4.01. The summed E-state index contributed by atoms with van der Waals surface area (Å²) in [6, 6.07) is 0.152. The molecule has 0 aromatic carbocycles. The van der Waals surface area contributed by atoms with Crippen molar-refractivity contribution >= 4 is 16.7 Å². The molecular weight excluding hydrogens is 212 g/mol. The van der Waals surface area contributed by atoms with Gasteiger partial charge in [0, 0.05) is 29.1 Å². The molecule has 2 atom stereocenters. The lowest BCUT2D eigenvalue weighted by molar-refractivity contribution is -0.128. The smallest absolute Gasteiger partial charge is 0.235 e. The van der Waals surface area contributed by atoms with Crippen LogP contribution in [0.1, 0.15) is 27.2 Å². The Kier molecular flexibility index (Phi) is 6.76. The molecule has 0 saturated heterocycles. The van der Waals surface area contributed by atoms with E-state index in [1.54, 1.807) is 11.9 Å². The number of carbonyl (C=O) groups excluding carboxylic acids is 1. The third kappa shape index (κ3) is 5.28. The van der Waals surface area contributed by atoms with Crippen LogP contribution in [0.15, 0.2) is 0 Å². The van der Waals surface area contributed by atoms with Gasteiger partial charge in [-0.05, 0) is 26.8 Å². The fourth-order valence-corrected chi connectivity index (χ4v) is 2.15. The highest BCUT2D eigenvalue weighted by Crippen LogP contribution is 2.03. The Bertz CT molecular complexity index is 231. The molecule has 0 fully saturated rings. The lowest BCUT2D eigenvalue weighted by Gasteiger charge is -2.22. The van der Waals surface area contributed by atoms with E-state index in [2.05, 4.69) is 0 Å². The molecule has 90 valence electrons. The fraction of sp³-hybridized carbons (Fsp3) is 0.900. The van der Waals surface area contributed by atoms with Crippen molar-refractivity contribution in [2.75, 3.05) is 19.3 Å². The SMILES string of the molecule is CC(C)N(C)C(=O)CS(=O)C(C)CCN. The zero-order chi connectivity index (χ0) is 12.0. The molecule has 1 amide bonds. The van der Waals surface area contributed by atoms with Gasteiger partial charge >= 0.3 is 0 Å². The maximum atomic E-state index is 11.7. The van der Waals surface area contributed by atoms with Crippen molar-refractivity contribution in [1.82, 2.24) is 4.90 Å². The van der Waals surface area contributed by atoms with E-state index in [1.165, 1.54) is 0 Å². The van der Waals surface area contributed by atoms with Crippen molar-refractivity contribution in [2.24, 2.45) is 5.73 Å². The highest BCUT2D eigenvalue weighted by atomic mass is 32.2. The summed E-state index contributed by atoms with van der Waals surface area (Å²) in [6.45, 7) is 6.25. The molecule has 4 nitrogen and oxygen atoms in total. The fourth-order valence-electron chi connectivity index (χ4n) is 1.02. The second-order valence-corrected chi connectivity index (χ2v) is 5.87. The molecule has 0 bridgehead atoms. The molecule has 0 radical (unpaired) electrons. The van der Waals surface area contributed by atoms with Crippen molar-refractivity contribution in [3.63, 3.8) is 0 Å². The largest absolute Gasteiger partial charge is 0.343 e. The minimum absolute atomic E-state index is 0.000452. The number of carbonyl (C=O) groups is 1. The first-order valence-corrected chi connectivity index (χ1v) is 6.61. The molecule has 0 aromatic rings. The van der Waals surface area contributed by atoms with Crippen LogP contribution in [0.4, 0.5) is 0 Å². The van der Waals surface area contributed by atoms with E-state index in [9.17, 15) is 9.00 Å². The average molecular weight is 234 g/mol. The van der Waals surface area contributed by atoms with E-state index in [-0.39, 0.29) is 23.0 Å². The van der Waals surface area contributed by atoms with Crippen LogP contribution >= 0.6 is 0 Å². The van der Waals surface area contributed by atoms with Crippen LogP contribution in [0.2, 0.25) is 0 Å². The van der Waals surface area contributed by atoms with Gasteiger partial charge in [-0.2, -0.15) is 0 Å². The maximum Gasteiger partial charge on any atom is 0.235 e. The van der Waals surface area contributed by atoms with E-state index in [0.717, 1.165) is 0 Å². The number of nitrogens with two attached hydrogens (primary N) is 1. The summed E-state index contributed by atoms with van der Waals surface area (Å²) in [7, 11) is 0.631. The Hall–Kier alpha value is -0.420. The molecule has 5 heteroatoms. The molecule has 0 heterocycles. The first-order chi connectivity index (χ1) is 6.90. The molecule has 0 aliphatic carbocycles. The number of amides is 1. The van der Waals surface area contributed by atoms with Gasteiger partial charge in [0.25, 0.3) is 0 Å². The monoisotopic (exact) mass is 234 g/mol. The Morgan fingerprint density at radius 3 is 2.33 bits per heavy atom. The molecular formula is C10H22N2O2S. The van der Waals surface area contributed by atoms with Crippen LogP contribution in [0, 0.1) is 0 Å². The normalized spacial score (nSPS) is 15.1. The average Bonchev–Trinajstić information content (AvgIpc) is 2.16. The molecule has 2 N–H and O–H groups in total.